The topological polar surface area (TPSA) is 64.6 Å². The number of carbonyl (C=O) groups is 2. The summed E-state index contributed by atoms with van der Waals surface area (Å²) in [4.78, 5) is 24.0. The number of benzene rings is 2. The van der Waals surface area contributed by atoms with E-state index in [4.69, 9.17) is 9.47 Å². The van der Waals surface area contributed by atoms with Gasteiger partial charge in [-0.2, -0.15) is 0 Å². The number of carbonyl (C=O) groups excluding carboxylic acids is 2. The number of aryl methyl sites for hydroxylation is 1. The Morgan fingerprint density at radius 1 is 1.04 bits per heavy atom. The summed E-state index contributed by atoms with van der Waals surface area (Å²) in [6.45, 7) is 10.6. The molecule has 0 radical (unpaired) electrons. The number of hydrogen-bond acceptors (Lipinski definition) is 4. The smallest absolute Gasteiger partial charge is 0.338 e. The fourth-order valence-electron chi connectivity index (χ4n) is 2.66. The van der Waals surface area contributed by atoms with E-state index in [2.05, 4.69) is 32.2 Å². The summed E-state index contributed by atoms with van der Waals surface area (Å²) in [5, 5.41) is 2.78. The van der Waals surface area contributed by atoms with Crippen LogP contribution in [-0.4, -0.2) is 25.1 Å². The summed E-state index contributed by atoms with van der Waals surface area (Å²) < 4.78 is 10.9. The van der Waals surface area contributed by atoms with Gasteiger partial charge >= 0.3 is 5.97 Å². The summed E-state index contributed by atoms with van der Waals surface area (Å²) >= 11 is 0. The first-order chi connectivity index (χ1) is 13.2. The maximum absolute atomic E-state index is 12.2. The van der Waals surface area contributed by atoms with Gasteiger partial charge in [0.05, 0.1) is 12.2 Å². The molecule has 2 aromatic carbocycles. The molecule has 150 valence electrons. The Bertz CT molecular complexity index is 819. The van der Waals surface area contributed by atoms with Crippen molar-refractivity contribution < 1.29 is 19.1 Å². The molecule has 1 amide bonds. The monoisotopic (exact) mass is 383 g/mol. The predicted octanol–water partition coefficient (Wildman–Crippen LogP) is 4.88. The van der Waals surface area contributed by atoms with Gasteiger partial charge in [0.2, 0.25) is 0 Å². The van der Waals surface area contributed by atoms with Crippen LogP contribution in [0.5, 0.6) is 5.75 Å². The molecule has 0 atom stereocenters. The standard InChI is InChI=1S/C23H29NO4/c1-6-13-27-22(26)17-8-10-18(11-9-17)24-21(25)15-28-20-12-7-16(2)14-19(20)23(3,4)5/h7-12,14H,6,13,15H2,1-5H3,(H,24,25). The average molecular weight is 383 g/mol. The molecule has 0 saturated carbocycles. The minimum Gasteiger partial charge on any atom is -0.483 e. The fraction of sp³-hybridized carbons (Fsp3) is 0.391. The van der Waals surface area contributed by atoms with Gasteiger partial charge in [-0.05, 0) is 54.7 Å². The van der Waals surface area contributed by atoms with Gasteiger partial charge in [-0.15, -0.1) is 0 Å². The van der Waals surface area contributed by atoms with Crippen LogP contribution in [0.2, 0.25) is 0 Å². The first kappa shape index (κ1) is 21.5. The number of rotatable bonds is 7. The number of amides is 1. The molecule has 1 N–H and O–H groups in total. The van der Waals surface area contributed by atoms with Crippen LogP contribution in [0.4, 0.5) is 5.69 Å². The van der Waals surface area contributed by atoms with E-state index in [1.54, 1.807) is 24.3 Å². The average Bonchev–Trinajstić information content (AvgIpc) is 2.65. The van der Waals surface area contributed by atoms with Crippen molar-refractivity contribution in [2.24, 2.45) is 0 Å². The molecule has 0 aliphatic heterocycles. The second-order valence-corrected chi connectivity index (χ2v) is 7.80. The summed E-state index contributed by atoms with van der Waals surface area (Å²) in [7, 11) is 0. The van der Waals surface area contributed by atoms with E-state index >= 15 is 0 Å². The van der Waals surface area contributed by atoms with Crippen LogP contribution in [0.1, 0.15) is 55.6 Å². The molecule has 0 aliphatic rings. The van der Waals surface area contributed by atoms with E-state index in [0.29, 0.717) is 23.6 Å². The number of ether oxygens (including phenoxy) is 2. The summed E-state index contributed by atoms with van der Waals surface area (Å²) in [6.07, 6.45) is 0.776. The minimum atomic E-state index is -0.364. The highest BCUT2D eigenvalue weighted by molar-refractivity contribution is 5.93. The quantitative estimate of drug-likeness (QED) is 0.692. The zero-order chi connectivity index (χ0) is 20.7. The molecular weight excluding hydrogens is 354 g/mol. The molecule has 5 heteroatoms. The summed E-state index contributed by atoms with van der Waals surface area (Å²) in [6, 6.07) is 12.6. The van der Waals surface area contributed by atoms with E-state index in [1.165, 1.54) is 0 Å². The fourth-order valence-corrected chi connectivity index (χ4v) is 2.66. The van der Waals surface area contributed by atoms with Gasteiger partial charge in [0.15, 0.2) is 6.61 Å². The Hall–Kier alpha value is -2.82. The predicted molar refractivity (Wildman–Crippen MR) is 111 cm³/mol. The van der Waals surface area contributed by atoms with Gasteiger partial charge in [0.25, 0.3) is 5.91 Å². The highest BCUT2D eigenvalue weighted by Gasteiger charge is 2.19. The molecule has 0 saturated heterocycles. The Morgan fingerprint density at radius 2 is 1.71 bits per heavy atom. The molecule has 0 unspecified atom stereocenters. The zero-order valence-electron chi connectivity index (χ0n) is 17.3. The molecule has 5 nitrogen and oxygen atoms in total. The highest BCUT2D eigenvalue weighted by atomic mass is 16.5. The molecule has 0 heterocycles. The van der Waals surface area contributed by atoms with E-state index in [0.717, 1.165) is 17.5 Å². The van der Waals surface area contributed by atoms with Crippen LogP contribution >= 0.6 is 0 Å². The normalized spacial score (nSPS) is 11.0. The largest absolute Gasteiger partial charge is 0.483 e. The number of hydrogen-bond donors (Lipinski definition) is 1. The van der Waals surface area contributed by atoms with E-state index in [9.17, 15) is 9.59 Å². The first-order valence-corrected chi connectivity index (χ1v) is 9.51. The van der Waals surface area contributed by atoms with Gasteiger partial charge in [-0.25, -0.2) is 4.79 Å². The van der Waals surface area contributed by atoms with Crippen molar-refractivity contribution in [3.8, 4) is 5.75 Å². The van der Waals surface area contributed by atoms with Gasteiger partial charge in [0.1, 0.15) is 5.75 Å². The molecule has 0 aromatic heterocycles. The maximum Gasteiger partial charge on any atom is 0.338 e. The summed E-state index contributed by atoms with van der Waals surface area (Å²) in [5.41, 5.74) is 3.19. The molecule has 2 aromatic rings. The van der Waals surface area contributed by atoms with Crippen LogP contribution < -0.4 is 10.1 Å². The van der Waals surface area contributed by atoms with Crippen LogP contribution in [0, 0.1) is 6.92 Å². The van der Waals surface area contributed by atoms with Crippen molar-refractivity contribution in [3.05, 3.63) is 59.2 Å². The molecule has 0 spiro atoms. The van der Waals surface area contributed by atoms with Gasteiger partial charge in [-0.3, -0.25) is 4.79 Å². The van der Waals surface area contributed by atoms with Gasteiger partial charge < -0.3 is 14.8 Å². The van der Waals surface area contributed by atoms with Crippen molar-refractivity contribution in [1.82, 2.24) is 0 Å². The second kappa shape index (κ2) is 9.40. The molecule has 0 aliphatic carbocycles. The Morgan fingerprint density at radius 3 is 2.32 bits per heavy atom. The van der Waals surface area contributed by atoms with Crippen LogP contribution in [0.3, 0.4) is 0 Å². The Labute approximate surface area is 167 Å². The minimum absolute atomic E-state index is 0.0833. The van der Waals surface area contributed by atoms with Gasteiger partial charge in [0, 0.05) is 5.69 Å². The Kier molecular flexibility index (Phi) is 7.21. The lowest BCUT2D eigenvalue weighted by Gasteiger charge is -2.23. The van der Waals surface area contributed by atoms with Crippen molar-refractivity contribution in [3.63, 3.8) is 0 Å². The number of esters is 1. The lowest BCUT2D eigenvalue weighted by molar-refractivity contribution is -0.118. The number of anilines is 1. The van der Waals surface area contributed by atoms with E-state index in [-0.39, 0.29) is 23.9 Å². The maximum atomic E-state index is 12.2. The van der Waals surface area contributed by atoms with Crippen molar-refractivity contribution in [2.75, 3.05) is 18.5 Å². The third kappa shape index (κ3) is 6.12. The lowest BCUT2D eigenvalue weighted by atomic mass is 9.85. The molecule has 0 fully saturated rings. The zero-order valence-corrected chi connectivity index (χ0v) is 17.3. The van der Waals surface area contributed by atoms with E-state index in [1.807, 2.05) is 26.0 Å². The van der Waals surface area contributed by atoms with Gasteiger partial charge in [-0.1, -0.05) is 45.4 Å². The van der Waals surface area contributed by atoms with Crippen LogP contribution in [-0.2, 0) is 14.9 Å². The van der Waals surface area contributed by atoms with Crippen LogP contribution in [0.25, 0.3) is 0 Å². The molecular formula is C23H29NO4. The molecule has 28 heavy (non-hydrogen) atoms. The SMILES string of the molecule is CCCOC(=O)c1ccc(NC(=O)COc2ccc(C)cc2C(C)(C)C)cc1. The third-order valence-electron chi connectivity index (χ3n) is 4.14. The molecule has 2 rings (SSSR count). The highest BCUT2D eigenvalue weighted by Crippen LogP contribution is 2.32. The molecule has 0 bridgehead atoms. The second-order valence-electron chi connectivity index (χ2n) is 7.80. The van der Waals surface area contributed by atoms with E-state index < -0.39 is 0 Å². The van der Waals surface area contributed by atoms with Crippen molar-refractivity contribution >= 4 is 17.6 Å². The van der Waals surface area contributed by atoms with Crippen molar-refractivity contribution in [2.45, 2.75) is 46.5 Å². The number of nitrogens with one attached hydrogen (secondary N) is 1. The van der Waals surface area contributed by atoms with Crippen molar-refractivity contribution in [1.29, 1.82) is 0 Å². The third-order valence-corrected chi connectivity index (χ3v) is 4.14. The first-order valence-electron chi connectivity index (χ1n) is 9.51. The van der Waals surface area contributed by atoms with Crippen LogP contribution in [0.15, 0.2) is 42.5 Å². The summed E-state index contributed by atoms with van der Waals surface area (Å²) in [5.74, 6) is 0.0844. The Balaban J connectivity index is 1.96. The lowest BCUT2D eigenvalue weighted by Crippen LogP contribution is -2.22.